The van der Waals surface area contributed by atoms with E-state index in [4.69, 9.17) is 4.74 Å². The number of fused-ring (bicyclic) bond motifs is 1. The molecule has 0 spiro atoms. The molecule has 1 atom stereocenters. The van der Waals surface area contributed by atoms with Gasteiger partial charge < -0.3 is 14.5 Å². The molecule has 0 fully saturated rings. The number of nitrogens with zero attached hydrogens (tertiary/aromatic N) is 2. The van der Waals surface area contributed by atoms with Crippen molar-refractivity contribution in [3.05, 3.63) is 65.2 Å². The maximum absolute atomic E-state index is 5.90. The largest absolute Gasteiger partial charge is 0.492 e. The van der Waals surface area contributed by atoms with Gasteiger partial charge in [-0.1, -0.05) is 36.4 Å². The van der Waals surface area contributed by atoms with Gasteiger partial charge in [0, 0.05) is 25.6 Å². The van der Waals surface area contributed by atoms with E-state index >= 15 is 0 Å². The maximum atomic E-state index is 5.90. The Kier molecular flexibility index (Phi) is 6.67. The summed E-state index contributed by atoms with van der Waals surface area (Å²) in [6.45, 7) is 3.72. The van der Waals surface area contributed by atoms with Gasteiger partial charge in [-0.2, -0.15) is 0 Å². The summed E-state index contributed by atoms with van der Waals surface area (Å²) in [6, 6.07) is 17.4. The van der Waals surface area contributed by atoms with Crippen molar-refractivity contribution in [1.29, 1.82) is 0 Å². The predicted molar refractivity (Wildman–Crippen MR) is 102 cm³/mol. The van der Waals surface area contributed by atoms with Gasteiger partial charge in [-0.25, -0.2) is 0 Å². The SMILES string of the molecule is CN(C)CCOc1ccc2c(c1)CN(C)CC2c1ccccc1.Cl. The fourth-order valence-electron chi connectivity index (χ4n) is 3.23. The number of hydrogen-bond acceptors (Lipinski definition) is 3. The van der Waals surface area contributed by atoms with Gasteiger partial charge >= 0.3 is 0 Å². The van der Waals surface area contributed by atoms with Gasteiger partial charge in [0.15, 0.2) is 0 Å². The molecule has 130 valence electrons. The van der Waals surface area contributed by atoms with Crippen LogP contribution in [0.3, 0.4) is 0 Å². The van der Waals surface area contributed by atoms with E-state index in [9.17, 15) is 0 Å². The van der Waals surface area contributed by atoms with Crippen LogP contribution in [0.1, 0.15) is 22.6 Å². The van der Waals surface area contributed by atoms with Crippen LogP contribution in [0.25, 0.3) is 0 Å². The highest BCUT2D eigenvalue weighted by molar-refractivity contribution is 5.85. The number of ether oxygens (including phenoxy) is 1. The van der Waals surface area contributed by atoms with Gasteiger partial charge in [0.25, 0.3) is 0 Å². The Morgan fingerprint density at radius 2 is 1.88 bits per heavy atom. The third kappa shape index (κ3) is 4.50. The highest BCUT2D eigenvalue weighted by Crippen LogP contribution is 2.34. The fraction of sp³-hybridized carbons (Fsp3) is 0.400. The number of hydrogen-bond donors (Lipinski definition) is 0. The Balaban J connectivity index is 0.00000208. The molecule has 24 heavy (non-hydrogen) atoms. The molecule has 0 radical (unpaired) electrons. The molecule has 2 aromatic rings. The van der Waals surface area contributed by atoms with Crippen LogP contribution in [0.2, 0.25) is 0 Å². The lowest BCUT2D eigenvalue weighted by Gasteiger charge is -2.33. The molecule has 0 amide bonds. The first kappa shape index (κ1) is 18.8. The normalized spacial score (nSPS) is 17.2. The van der Waals surface area contributed by atoms with E-state index in [1.807, 2.05) is 0 Å². The first-order valence-corrected chi connectivity index (χ1v) is 8.27. The van der Waals surface area contributed by atoms with Crippen LogP contribution in [-0.2, 0) is 6.54 Å². The number of likely N-dealkylation sites (N-methyl/N-ethyl adjacent to an activating group) is 2. The van der Waals surface area contributed by atoms with Crippen molar-refractivity contribution in [3.8, 4) is 5.75 Å². The average Bonchev–Trinajstić information content (AvgIpc) is 2.54. The van der Waals surface area contributed by atoms with Crippen LogP contribution in [0.15, 0.2) is 48.5 Å². The Morgan fingerprint density at radius 3 is 2.58 bits per heavy atom. The summed E-state index contributed by atoms with van der Waals surface area (Å²) in [5.41, 5.74) is 4.21. The van der Waals surface area contributed by atoms with Crippen LogP contribution in [0, 0.1) is 0 Å². The van der Waals surface area contributed by atoms with Gasteiger partial charge in [-0.05, 0) is 50.0 Å². The molecule has 1 unspecified atom stereocenters. The second-order valence-electron chi connectivity index (χ2n) is 6.67. The Bertz CT molecular complexity index is 645. The molecule has 0 aliphatic carbocycles. The first-order chi connectivity index (χ1) is 11.1. The summed E-state index contributed by atoms with van der Waals surface area (Å²) >= 11 is 0. The standard InChI is InChI=1S/C20H26N2O.ClH/c1-21(2)11-12-23-18-9-10-19-17(13-18)14-22(3)15-20(19)16-7-5-4-6-8-16;/h4-10,13,20H,11-12,14-15H2,1-3H3;1H. The molecule has 0 N–H and O–H groups in total. The zero-order valence-corrected chi connectivity index (χ0v) is 15.6. The molecule has 0 saturated heterocycles. The summed E-state index contributed by atoms with van der Waals surface area (Å²) in [4.78, 5) is 4.53. The van der Waals surface area contributed by atoms with E-state index in [1.54, 1.807) is 0 Å². The molecular weight excluding hydrogens is 320 g/mol. The maximum Gasteiger partial charge on any atom is 0.119 e. The minimum Gasteiger partial charge on any atom is -0.492 e. The predicted octanol–water partition coefficient (Wildman–Crippen LogP) is 3.63. The molecule has 2 aromatic carbocycles. The average molecular weight is 347 g/mol. The molecule has 1 heterocycles. The quantitative estimate of drug-likeness (QED) is 0.822. The van der Waals surface area contributed by atoms with Crippen molar-refractivity contribution < 1.29 is 4.74 Å². The summed E-state index contributed by atoms with van der Waals surface area (Å²) in [6.07, 6.45) is 0. The van der Waals surface area contributed by atoms with Gasteiger partial charge in [0.2, 0.25) is 0 Å². The highest BCUT2D eigenvalue weighted by Gasteiger charge is 2.24. The summed E-state index contributed by atoms with van der Waals surface area (Å²) < 4.78 is 5.90. The second-order valence-corrected chi connectivity index (χ2v) is 6.67. The molecule has 1 aliphatic heterocycles. The Labute approximate surface area is 151 Å². The monoisotopic (exact) mass is 346 g/mol. The fourth-order valence-corrected chi connectivity index (χ4v) is 3.23. The van der Waals surface area contributed by atoms with Gasteiger partial charge in [0.1, 0.15) is 12.4 Å². The minimum absolute atomic E-state index is 0. The van der Waals surface area contributed by atoms with Crippen molar-refractivity contribution in [1.82, 2.24) is 9.80 Å². The third-order valence-corrected chi connectivity index (χ3v) is 4.43. The van der Waals surface area contributed by atoms with Crippen molar-refractivity contribution in [3.63, 3.8) is 0 Å². The number of halogens is 1. The lowest BCUT2D eigenvalue weighted by molar-refractivity contribution is 0.259. The zero-order valence-electron chi connectivity index (χ0n) is 14.7. The molecule has 4 heteroatoms. The first-order valence-electron chi connectivity index (χ1n) is 8.27. The van der Waals surface area contributed by atoms with Crippen LogP contribution >= 0.6 is 12.4 Å². The summed E-state index contributed by atoms with van der Waals surface area (Å²) in [5.74, 6) is 1.42. The van der Waals surface area contributed by atoms with E-state index in [1.165, 1.54) is 16.7 Å². The van der Waals surface area contributed by atoms with Crippen LogP contribution < -0.4 is 4.74 Å². The zero-order chi connectivity index (χ0) is 16.2. The van der Waals surface area contributed by atoms with E-state index < -0.39 is 0 Å². The third-order valence-electron chi connectivity index (χ3n) is 4.43. The summed E-state index contributed by atoms with van der Waals surface area (Å²) in [5, 5.41) is 0. The van der Waals surface area contributed by atoms with Crippen molar-refractivity contribution in [2.75, 3.05) is 40.8 Å². The van der Waals surface area contributed by atoms with E-state index in [0.717, 1.165) is 32.0 Å². The topological polar surface area (TPSA) is 15.7 Å². The molecular formula is C20H27ClN2O. The molecule has 3 nitrogen and oxygen atoms in total. The molecule has 0 bridgehead atoms. The lowest BCUT2D eigenvalue weighted by Crippen LogP contribution is -2.31. The van der Waals surface area contributed by atoms with Crippen molar-refractivity contribution >= 4 is 12.4 Å². The lowest BCUT2D eigenvalue weighted by atomic mass is 9.85. The highest BCUT2D eigenvalue weighted by atomic mass is 35.5. The van der Waals surface area contributed by atoms with Gasteiger partial charge in [0.05, 0.1) is 0 Å². The van der Waals surface area contributed by atoms with E-state index in [-0.39, 0.29) is 12.4 Å². The van der Waals surface area contributed by atoms with E-state index in [2.05, 4.69) is 79.5 Å². The Morgan fingerprint density at radius 1 is 1.12 bits per heavy atom. The minimum atomic E-state index is 0. The second kappa shape index (κ2) is 8.52. The van der Waals surface area contributed by atoms with Crippen molar-refractivity contribution in [2.24, 2.45) is 0 Å². The van der Waals surface area contributed by atoms with Gasteiger partial charge in [-0.3, -0.25) is 0 Å². The molecule has 1 aliphatic rings. The smallest absolute Gasteiger partial charge is 0.119 e. The van der Waals surface area contributed by atoms with Crippen LogP contribution in [0.5, 0.6) is 5.75 Å². The van der Waals surface area contributed by atoms with Gasteiger partial charge in [-0.15, -0.1) is 12.4 Å². The van der Waals surface area contributed by atoms with E-state index in [0.29, 0.717) is 5.92 Å². The molecule has 0 saturated carbocycles. The molecule has 0 aromatic heterocycles. The number of benzene rings is 2. The van der Waals surface area contributed by atoms with Crippen LogP contribution in [-0.4, -0.2) is 50.6 Å². The van der Waals surface area contributed by atoms with Crippen molar-refractivity contribution in [2.45, 2.75) is 12.5 Å². The number of rotatable bonds is 5. The van der Waals surface area contributed by atoms with Crippen LogP contribution in [0.4, 0.5) is 0 Å². The summed E-state index contributed by atoms with van der Waals surface area (Å²) in [7, 11) is 6.32. The molecule has 3 rings (SSSR count). The Hall–Kier alpha value is -1.55.